The number of aromatic hydroxyl groups is 1. The third kappa shape index (κ3) is 8.17. The van der Waals surface area contributed by atoms with Crippen molar-refractivity contribution < 1.29 is 41.0 Å². The van der Waals surface area contributed by atoms with Gasteiger partial charge in [-0.05, 0) is 53.9 Å². The molecule has 4 rings (SSSR count). The number of para-hydroxylation sites is 2. The first-order chi connectivity index (χ1) is 20.4. The predicted octanol–water partition coefficient (Wildman–Crippen LogP) is 4.47. The highest BCUT2D eigenvalue weighted by atomic mass is 32.2. The third-order valence-corrected chi connectivity index (χ3v) is 8.68. The van der Waals surface area contributed by atoms with Crippen LogP contribution in [0.3, 0.4) is 0 Å². The zero-order valence-electron chi connectivity index (χ0n) is 23.2. The van der Waals surface area contributed by atoms with Gasteiger partial charge >= 0.3 is 12.4 Å². The van der Waals surface area contributed by atoms with Crippen LogP contribution in [0.4, 0.5) is 23.7 Å². The Balaban J connectivity index is 1.55. The molecule has 0 aromatic heterocycles. The van der Waals surface area contributed by atoms with Crippen molar-refractivity contribution in [2.24, 2.45) is 0 Å². The molecule has 0 unspecified atom stereocenters. The van der Waals surface area contributed by atoms with Gasteiger partial charge < -0.3 is 25.4 Å². The van der Waals surface area contributed by atoms with Crippen LogP contribution in [-0.4, -0.2) is 66.7 Å². The lowest BCUT2D eigenvalue weighted by atomic mass is 10.1. The van der Waals surface area contributed by atoms with Gasteiger partial charge in [-0.3, -0.25) is 4.79 Å². The Morgan fingerprint density at radius 1 is 0.977 bits per heavy atom. The Kier molecular flexibility index (Phi) is 9.81. The van der Waals surface area contributed by atoms with E-state index in [-0.39, 0.29) is 42.5 Å². The number of ether oxygens (including phenoxy) is 1. The fraction of sp³-hybridized carbons (Fsp3) is 0.310. The maximum atomic E-state index is 13.6. The fourth-order valence-corrected chi connectivity index (χ4v) is 6.16. The number of alkyl halides is 3. The van der Waals surface area contributed by atoms with Gasteiger partial charge in [-0.2, -0.15) is 4.31 Å². The number of rotatable bonds is 9. The molecule has 10 nitrogen and oxygen atoms in total. The van der Waals surface area contributed by atoms with E-state index in [1.165, 1.54) is 17.0 Å². The maximum absolute atomic E-state index is 13.6. The summed E-state index contributed by atoms with van der Waals surface area (Å²) in [5, 5.41) is 15.3. The van der Waals surface area contributed by atoms with Crippen molar-refractivity contribution in [1.82, 2.24) is 14.5 Å². The van der Waals surface area contributed by atoms with Crippen LogP contribution in [0.15, 0.2) is 77.7 Å². The van der Waals surface area contributed by atoms with E-state index in [0.29, 0.717) is 0 Å². The molecule has 14 heteroatoms. The van der Waals surface area contributed by atoms with E-state index in [1.807, 2.05) is 24.3 Å². The summed E-state index contributed by atoms with van der Waals surface area (Å²) in [5.41, 5.74) is 2.06. The molecule has 230 valence electrons. The van der Waals surface area contributed by atoms with Crippen molar-refractivity contribution in [3.05, 3.63) is 83.9 Å². The van der Waals surface area contributed by atoms with Crippen molar-refractivity contribution in [2.45, 2.75) is 43.6 Å². The van der Waals surface area contributed by atoms with E-state index in [2.05, 4.69) is 22.3 Å². The Bertz CT molecular complexity index is 1530. The molecule has 1 saturated heterocycles. The van der Waals surface area contributed by atoms with Gasteiger partial charge in [-0.25, -0.2) is 13.2 Å². The number of benzene rings is 3. The lowest BCUT2D eigenvalue weighted by molar-refractivity contribution is -0.274. The van der Waals surface area contributed by atoms with E-state index in [1.54, 1.807) is 12.1 Å². The largest absolute Gasteiger partial charge is 0.573 e. The Morgan fingerprint density at radius 2 is 1.63 bits per heavy atom. The fourth-order valence-electron chi connectivity index (χ4n) is 4.59. The number of piperazine rings is 1. The van der Waals surface area contributed by atoms with Gasteiger partial charge in [0, 0.05) is 26.2 Å². The van der Waals surface area contributed by atoms with Crippen molar-refractivity contribution in [2.75, 3.05) is 25.0 Å². The molecule has 3 amide bonds. The summed E-state index contributed by atoms with van der Waals surface area (Å²) in [6.45, 7) is 1.46. The first-order valence-corrected chi connectivity index (χ1v) is 14.9. The number of urea groups is 1. The summed E-state index contributed by atoms with van der Waals surface area (Å²) in [6.07, 6.45) is -3.06. The summed E-state index contributed by atoms with van der Waals surface area (Å²) in [6, 6.07) is 15.3. The number of carbonyl (C=O) groups is 2. The Hall–Kier alpha value is -4.30. The Morgan fingerprint density at radius 3 is 2.26 bits per heavy atom. The van der Waals surface area contributed by atoms with Gasteiger partial charge in [0.2, 0.25) is 15.9 Å². The number of halogens is 3. The van der Waals surface area contributed by atoms with E-state index in [0.717, 1.165) is 52.5 Å². The summed E-state index contributed by atoms with van der Waals surface area (Å²) >= 11 is 0. The molecular weight excluding hydrogens is 589 g/mol. The topological polar surface area (TPSA) is 128 Å². The second-order valence-electron chi connectivity index (χ2n) is 9.83. The number of phenols is 1. The standard InChI is InChI=1S/C29H31F3N4O6S/c1-2-5-20-8-10-21(11-9-20)18-33-27(38)25-19-35(28(39)34-24-6-3-4-7-26(24)37)16-17-36(25)43(40,41)23-14-12-22(13-15-23)42-29(30,31)32/h3-4,6-15,25,37H,2,5,16-19H2,1H3,(H,33,38)(H,34,39)/t25-/m1/s1. The highest BCUT2D eigenvalue weighted by Gasteiger charge is 2.41. The normalized spacial score (nSPS) is 16.0. The molecule has 3 aromatic rings. The van der Waals surface area contributed by atoms with Gasteiger partial charge in [-0.15, -0.1) is 13.2 Å². The van der Waals surface area contributed by atoms with Crippen molar-refractivity contribution in [3.8, 4) is 11.5 Å². The molecule has 1 aliphatic rings. The van der Waals surface area contributed by atoms with Gasteiger partial charge in [0.1, 0.15) is 17.5 Å². The van der Waals surface area contributed by atoms with Crippen molar-refractivity contribution in [1.29, 1.82) is 0 Å². The quantitative estimate of drug-likeness (QED) is 0.303. The zero-order chi connectivity index (χ0) is 31.2. The molecule has 3 aromatic carbocycles. The number of aryl methyl sites for hydroxylation is 1. The van der Waals surface area contributed by atoms with Crippen LogP contribution in [0.5, 0.6) is 11.5 Å². The van der Waals surface area contributed by atoms with Crippen LogP contribution in [0.25, 0.3) is 0 Å². The van der Waals surface area contributed by atoms with Crippen LogP contribution in [-0.2, 0) is 27.8 Å². The number of anilines is 1. The number of amides is 3. The first-order valence-electron chi connectivity index (χ1n) is 13.4. The summed E-state index contributed by atoms with van der Waals surface area (Å²) in [4.78, 5) is 27.4. The molecule has 0 spiro atoms. The minimum absolute atomic E-state index is 0.100. The Labute approximate surface area is 247 Å². The van der Waals surface area contributed by atoms with Crippen LogP contribution in [0.1, 0.15) is 24.5 Å². The second-order valence-corrected chi connectivity index (χ2v) is 11.7. The van der Waals surface area contributed by atoms with Gasteiger partial charge in [0.05, 0.1) is 10.6 Å². The molecule has 43 heavy (non-hydrogen) atoms. The molecule has 0 saturated carbocycles. The number of hydrogen-bond donors (Lipinski definition) is 3. The molecule has 1 aliphatic heterocycles. The molecule has 3 N–H and O–H groups in total. The second kappa shape index (κ2) is 13.3. The van der Waals surface area contributed by atoms with Crippen LogP contribution in [0, 0.1) is 0 Å². The van der Waals surface area contributed by atoms with Crippen LogP contribution < -0.4 is 15.4 Å². The number of carbonyl (C=O) groups excluding carboxylic acids is 2. The summed E-state index contributed by atoms with van der Waals surface area (Å²) < 4.78 is 69.7. The highest BCUT2D eigenvalue weighted by molar-refractivity contribution is 7.89. The SMILES string of the molecule is CCCc1ccc(CNC(=O)[C@H]2CN(C(=O)Nc3ccccc3O)CCN2S(=O)(=O)c2ccc(OC(F)(F)F)cc2)cc1. The molecule has 1 heterocycles. The van der Waals surface area contributed by atoms with Gasteiger partial charge in [-0.1, -0.05) is 49.7 Å². The molecular formula is C29H31F3N4O6S. The molecule has 1 fully saturated rings. The minimum atomic E-state index is -4.95. The summed E-state index contributed by atoms with van der Waals surface area (Å²) in [7, 11) is -4.39. The number of nitrogens with zero attached hydrogens (tertiary/aromatic N) is 2. The monoisotopic (exact) mass is 620 g/mol. The van der Waals surface area contributed by atoms with E-state index >= 15 is 0 Å². The van der Waals surface area contributed by atoms with Gasteiger partial charge in [0.25, 0.3) is 0 Å². The lowest BCUT2D eigenvalue weighted by Crippen LogP contribution is -2.61. The average Bonchev–Trinajstić information content (AvgIpc) is 2.97. The number of sulfonamides is 1. The van der Waals surface area contributed by atoms with Crippen molar-refractivity contribution >= 4 is 27.6 Å². The molecule has 0 radical (unpaired) electrons. The van der Waals surface area contributed by atoms with Crippen LogP contribution in [0.2, 0.25) is 0 Å². The van der Waals surface area contributed by atoms with E-state index < -0.39 is 40.1 Å². The number of nitrogens with one attached hydrogen (secondary N) is 2. The molecule has 1 atom stereocenters. The minimum Gasteiger partial charge on any atom is -0.506 e. The predicted molar refractivity (Wildman–Crippen MR) is 152 cm³/mol. The summed E-state index contributed by atoms with van der Waals surface area (Å²) in [5.74, 6) is -1.44. The smallest absolute Gasteiger partial charge is 0.506 e. The number of hydrogen-bond acceptors (Lipinski definition) is 6. The van der Waals surface area contributed by atoms with Crippen LogP contribution >= 0.6 is 0 Å². The lowest BCUT2D eigenvalue weighted by Gasteiger charge is -2.39. The van der Waals surface area contributed by atoms with Gasteiger partial charge in [0.15, 0.2) is 0 Å². The van der Waals surface area contributed by atoms with Crippen molar-refractivity contribution in [3.63, 3.8) is 0 Å². The zero-order valence-corrected chi connectivity index (χ0v) is 24.0. The van der Waals surface area contributed by atoms with E-state index in [4.69, 9.17) is 0 Å². The third-order valence-electron chi connectivity index (χ3n) is 6.76. The molecule has 0 aliphatic carbocycles. The highest BCUT2D eigenvalue weighted by Crippen LogP contribution is 2.28. The number of phenolic OH excluding ortho intramolecular Hbond substituents is 1. The molecule has 0 bridgehead atoms. The average molecular weight is 621 g/mol. The first kappa shape index (κ1) is 31.6. The maximum Gasteiger partial charge on any atom is 0.573 e. The van der Waals surface area contributed by atoms with E-state index in [9.17, 15) is 36.3 Å².